The second kappa shape index (κ2) is 8.46. The van der Waals surface area contributed by atoms with E-state index in [0.29, 0.717) is 34.5 Å². The van der Waals surface area contributed by atoms with E-state index in [1.807, 2.05) is 0 Å². The first-order valence-electron chi connectivity index (χ1n) is 10.1. The summed E-state index contributed by atoms with van der Waals surface area (Å²) in [6.07, 6.45) is 3.14. The van der Waals surface area contributed by atoms with Crippen LogP contribution in [0.15, 0.2) is 42.0 Å². The van der Waals surface area contributed by atoms with E-state index in [9.17, 15) is 26.0 Å². The Morgan fingerprint density at radius 3 is 2.66 bits per heavy atom. The van der Waals surface area contributed by atoms with Gasteiger partial charge >= 0.3 is 15.6 Å². The van der Waals surface area contributed by atoms with E-state index in [2.05, 4.69) is 19.6 Å². The summed E-state index contributed by atoms with van der Waals surface area (Å²) in [6.45, 7) is 1.38. The Morgan fingerprint density at radius 2 is 2.00 bits per heavy atom. The number of pyridine rings is 1. The number of halogens is 4. The summed E-state index contributed by atoms with van der Waals surface area (Å²) >= 11 is 1.13. The summed E-state index contributed by atoms with van der Waals surface area (Å²) in [4.78, 5) is 4.22. The van der Waals surface area contributed by atoms with Gasteiger partial charge in [0, 0.05) is 46.7 Å². The Bertz CT molecular complexity index is 1530. The number of benzene rings is 1. The van der Waals surface area contributed by atoms with Crippen LogP contribution in [0.1, 0.15) is 6.04 Å². The second-order valence-electron chi connectivity index (χ2n) is 7.65. The Kier molecular flexibility index (Phi) is 5.68. The quantitative estimate of drug-likeness (QED) is 0.226. The number of thiophene rings is 1. The Labute approximate surface area is 200 Å². The highest BCUT2D eigenvalue weighted by Crippen LogP contribution is 2.46. The van der Waals surface area contributed by atoms with Gasteiger partial charge in [0.2, 0.25) is 5.88 Å². The van der Waals surface area contributed by atoms with Crippen molar-refractivity contribution in [1.29, 1.82) is 0 Å². The molecule has 0 aliphatic carbocycles. The lowest BCUT2D eigenvalue weighted by Gasteiger charge is -2.27. The molecule has 14 heteroatoms. The van der Waals surface area contributed by atoms with Crippen LogP contribution in [-0.2, 0) is 10.1 Å². The summed E-state index contributed by atoms with van der Waals surface area (Å²) in [6, 6.07) is 5.32. The van der Waals surface area contributed by atoms with Gasteiger partial charge in [-0.2, -0.15) is 26.7 Å². The van der Waals surface area contributed by atoms with Gasteiger partial charge in [0.1, 0.15) is 11.6 Å². The molecule has 3 aromatic heterocycles. The predicted octanol–water partition coefficient (Wildman–Crippen LogP) is 4.35. The minimum atomic E-state index is -5.98. The van der Waals surface area contributed by atoms with Crippen molar-refractivity contribution in [2.45, 2.75) is 11.6 Å². The molecule has 4 heterocycles. The normalized spacial score (nSPS) is 14.8. The lowest BCUT2D eigenvalue weighted by Crippen LogP contribution is -2.43. The van der Waals surface area contributed by atoms with Crippen molar-refractivity contribution in [3.05, 3.63) is 47.9 Å². The molecule has 0 atom stereocenters. The molecule has 184 valence electrons. The minimum absolute atomic E-state index is 0.0449. The largest absolute Gasteiger partial charge is 0.534 e. The maximum atomic E-state index is 13.9. The van der Waals surface area contributed by atoms with E-state index in [4.69, 9.17) is 4.74 Å². The van der Waals surface area contributed by atoms with Gasteiger partial charge in [0.05, 0.1) is 30.4 Å². The lowest BCUT2D eigenvalue weighted by atomic mass is 9.98. The number of rotatable bonds is 6. The van der Waals surface area contributed by atoms with Gasteiger partial charge in [-0.15, -0.1) is 11.3 Å². The van der Waals surface area contributed by atoms with Crippen LogP contribution in [0.4, 0.5) is 17.6 Å². The van der Waals surface area contributed by atoms with E-state index < -0.39 is 27.3 Å². The van der Waals surface area contributed by atoms with Crippen molar-refractivity contribution >= 4 is 31.5 Å². The van der Waals surface area contributed by atoms with Gasteiger partial charge < -0.3 is 14.2 Å². The fourth-order valence-corrected chi connectivity index (χ4v) is 5.04. The van der Waals surface area contributed by atoms with Gasteiger partial charge in [-0.05, 0) is 23.6 Å². The van der Waals surface area contributed by atoms with Crippen LogP contribution in [-0.4, -0.2) is 48.9 Å². The van der Waals surface area contributed by atoms with Gasteiger partial charge in [-0.1, -0.05) is 0 Å². The van der Waals surface area contributed by atoms with E-state index in [0.717, 1.165) is 11.3 Å². The summed E-state index contributed by atoms with van der Waals surface area (Å²) in [5, 5.41) is 9.05. The number of alkyl halides is 3. The first kappa shape index (κ1) is 23.5. The molecule has 0 bridgehead atoms. The van der Waals surface area contributed by atoms with Gasteiger partial charge in [0.25, 0.3) is 0 Å². The average molecular weight is 529 g/mol. The SMILES string of the molecule is COc1cc(F)ccc1-c1c(-c2cnn(C3CNC3)c2)nc(OS(=O)(=O)C(F)(F)F)c2ccsc12. The number of nitrogens with one attached hydrogen (secondary N) is 1. The molecule has 1 N–H and O–H groups in total. The molecular formula is C21H16F4N4O4S2. The van der Waals surface area contributed by atoms with E-state index in [-0.39, 0.29) is 22.9 Å². The van der Waals surface area contributed by atoms with Crippen molar-refractivity contribution in [3.8, 4) is 34.0 Å². The summed E-state index contributed by atoms with van der Waals surface area (Å²) < 4.78 is 88.6. The van der Waals surface area contributed by atoms with Crippen molar-refractivity contribution in [1.82, 2.24) is 20.1 Å². The Hall–Kier alpha value is -3.23. The number of hydrogen-bond donors (Lipinski definition) is 1. The van der Waals surface area contributed by atoms with Gasteiger partial charge in [-0.25, -0.2) is 9.37 Å². The lowest BCUT2D eigenvalue weighted by molar-refractivity contribution is -0.0500. The van der Waals surface area contributed by atoms with E-state index >= 15 is 0 Å². The van der Waals surface area contributed by atoms with Gasteiger partial charge in [0.15, 0.2) is 0 Å². The molecule has 0 amide bonds. The molecule has 35 heavy (non-hydrogen) atoms. The molecule has 8 nitrogen and oxygen atoms in total. The Morgan fingerprint density at radius 1 is 1.23 bits per heavy atom. The zero-order valence-corrected chi connectivity index (χ0v) is 19.5. The highest BCUT2D eigenvalue weighted by atomic mass is 32.2. The van der Waals surface area contributed by atoms with Crippen LogP contribution in [0.3, 0.4) is 0 Å². The highest BCUT2D eigenvalue weighted by Gasteiger charge is 2.49. The van der Waals surface area contributed by atoms with Crippen molar-refractivity contribution in [2.75, 3.05) is 20.2 Å². The maximum Gasteiger partial charge on any atom is 0.534 e. The van der Waals surface area contributed by atoms with Gasteiger partial charge in [-0.3, -0.25) is 4.68 Å². The first-order chi connectivity index (χ1) is 16.6. The summed E-state index contributed by atoms with van der Waals surface area (Å²) in [5.74, 6) is -1.12. The van der Waals surface area contributed by atoms with Crippen LogP contribution >= 0.6 is 11.3 Å². The van der Waals surface area contributed by atoms with Crippen LogP contribution in [0, 0.1) is 5.82 Å². The molecule has 5 rings (SSSR count). The molecule has 0 radical (unpaired) electrons. The monoisotopic (exact) mass is 528 g/mol. The molecular weight excluding hydrogens is 512 g/mol. The fourth-order valence-electron chi connectivity index (χ4n) is 3.66. The van der Waals surface area contributed by atoms with Crippen molar-refractivity contribution < 1.29 is 34.9 Å². The van der Waals surface area contributed by atoms with Crippen LogP contribution in [0.5, 0.6) is 11.6 Å². The molecule has 1 saturated heterocycles. The standard InChI is InChI=1S/C21H16F4N4O4S2/c1-32-16-6-12(22)2-3-14(16)17-18(11-7-27-29(10-11)13-8-26-9-13)28-20(15-4-5-34-19(15)17)33-35(30,31)21(23,24)25/h2-7,10,13,26H,8-9H2,1H3. The van der Waals surface area contributed by atoms with Crippen LogP contribution < -0.4 is 14.2 Å². The number of methoxy groups -OCH3 is 1. The van der Waals surface area contributed by atoms with Crippen molar-refractivity contribution in [3.63, 3.8) is 0 Å². The topological polar surface area (TPSA) is 95.3 Å². The molecule has 0 unspecified atom stereocenters. The zero-order chi connectivity index (χ0) is 25.0. The molecule has 0 saturated carbocycles. The smallest absolute Gasteiger partial charge is 0.496 e. The minimum Gasteiger partial charge on any atom is -0.496 e. The molecule has 1 aliphatic rings. The fraction of sp³-hybridized carbons (Fsp3) is 0.238. The maximum absolute atomic E-state index is 13.9. The van der Waals surface area contributed by atoms with Crippen LogP contribution in [0.2, 0.25) is 0 Å². The third-order valence-corrected chi connectivity index (χ3v) is 7.36. The Balaban J connectivity index is 1.78. The van der Waals surface area contributed by atoms with E-state index in [1.165, 1.54) is 37.6 Å². The molecule has 0 spiro atoms. The first-order valence-corrected chi connectivity index (χ1v) is 12.4. The summed E-state index contributed by atoms with van der Waals surface area (Å²) in [7, 11) is -4.63. The van der Waals surface area contributed by atoms with Crippen LogP contribution in [0.25, 0.3) is 32.5 Å². The summed E-state index contributed by atoms with van der Waals surface area (Å²) in [5.41, 5.74) is -4.31. The molecule has 4 aromatic rings. The van der Waals surface area contributed by atoms with Crippen molar-refractivity contribution in [2.24, 2.45) is 0 Å². The molecule has 1 aromatic carbocycles. The third kappa shape index (κ3) is 4.10. The predicted molar refractivity (Wildman–Crippen MR) is 120 cm³/mol. The number of nitrogens with zero attached hydrogens (tertiary/aromatic N) is 3. The highest BCUT2D eigenvalue weighted by molar-refractivity contribution is 7.88. The zero-order valence-electron chi connectivity index (χ0n) is 17.8. The second-order valence-corrected chi connectivity index (χ2v) is 10.1. The average Bonchev–Trinajstić information content (AvgIpc) is 3.42. The molecule has 1 aliphatic heterocycles. The number of hydrogen-bond acceptors (Lipinski definition) is 8. The van der Waals surface area contributed by atoms with E-state index in [1.54, 1.807) is 16.3 Å². The molecule has 1 fully saturated rings. The number of aromatic nitrogens is 3. The third-order valence-electron chi connectivity index (χ3n) is 5.49. The number of fused-ring (bicyclic) bond motifs is 1. The number of ether oxygens (including phenoxy) is 1.